The predicted octanol–water partition coefficient (Wildman–Crippen LogP) is 2.77. The van der Waals surface area contributed by atoms with Crippen LogP contribution in [0.25, 0.3) is 0 Å². The molecule has 3 N–H and O–H groups in total. The van der Waals surface area contributed by atoms with Crippen molar-refractivity contribution in [3.63, 3.8) is 0 Å². The maximum atomic E-state index is 13.1. The molecule has 15 heavy (non-hydrogen) atoms. The number of hydrogen-bond donors (Lipinski definition) is 2. The first-order valence-corrected chi connectivity index (χ1v) is 5.50. The van der Waals surface area contributed by atoms with Crippen molar-refractivity contribution in [1.29, 1.82) is 0 Å². The van der Waals surface area contributed by atoms with Gasteiger partial charge in [0.1, 0.15) is 5.82 Å². The second kappa shape index (κ2) is 4.37. The first-order valence-electron chi connectivity index (χ1n) is 5.12. The normalized spacial score (nSPS) is 25.5. The number of rotatable bonds is 2. The van der Waals surface area contributed by atoms with Gasteiger partial charge in [0.05, 0.1) is 5.02 Å². The number of halogens is 2. The molecule has 2 atom stereocenters. The van der Waals surface area contributed by atoms with E-state index in [-0.39, 0.29) is 16.9 Å². The van der Waals surface area contributed by atoms with Gasteiger partial charge in [0.25, 0.3) is 0 Å². The Bertz CT molecular complexity index is 356. The Hall–Kier alpha value is -0.800. The highest BCUT2D eigenvalue weighted by atomic mass is 35.5. The van der Waals surface area contributed by atoms with Crippen molar-refractivity contribution in [2.75, 3.05) is 5.32 Å². The van der Waals surface area contributed by atoms with Gasteiger partial charge < -0.3 is 11.1 Å². The summed E-state index contributed by atoms with van der Waals surface area (Å²) in [5.41, 5.74) is 6.57. The van der Waals surface area contributed by atoms with E-state index >= 15 is 0 Å². The van der Waals surface area contributed by atoms with Gasteiger partial charge in [-0.25, -0.2) is 4.39 Å². The number of benzene rings is 1. The van der Waals surface area contributed by atoms with Gasteiger partial charge in [-0.2, -0.15) is 0 Å². The Balaban J connectivity index is 2.02. The maximum Gasteiger partial charge on any atom is 0.143 e. The molecule has 1 fully saturated rings. The van der Waals surface area contributed by atoms with Crippen LogP contribution in [0.15, 0.2) is 18.2 Å². The summed E-state index contributed by atoms with van der Waals surface area (Å²) < 4.78 is 13.1. The van der Waals surface area contributed by atoms with Gasteiger partial charge in [-0.3, -0.25) is 0 Å². The lowest BCUT2D eigenvalue weighted by atomic mass is 10.2. The van der Waals surface area contributed by atoms with E-state index in [0.29, 0.717) is 6.04 Å². The number of nitrogens with two attached hydrogens (primary N) is 1. The van der Waals surface area contributed by atoms with Crippen molar-refractivity contribution >= 4 is 17.3 Å². The highest BCUT2D eigenvalue weighted by Crippen LogP contribution is 2.24. The minimum absolute atomic E-state index is 0.156. The molecule has 1 aromatic rings. The molecule has 1 aliphatic rings. The van der Waals surface area contributed by atoms with E-state index < -0.39 is 0 Å². The summed E-state index contributed by atoms with van der Waals surface area (Å²) in [7, 11) is 0. The summed E-state index contributed by atoms with van der Waals surface area (Å²) in [6.07, 6.45) is 3.03. The predicted molar refractivity (Wildman–Crippen MR) is 60.6 cm³/mol. The van der Waals surface area contributed by atoms with E-state index in [2.05, 4.69) is 5.32 Å². The van der Waals surface area contributed by atoms with E-state index in [0.717, 1.165) is 24.9 Å². The van der Waals surface area contributed by atoms with Gasteiger partial charge in [-0.15, -0.1) is 0 Å². The molecule has 2 nitrogen and oxygen atoms in total. The Kier molecular flexibility index (Phi) is 3.12. The fraction of sp³-hybridized carbons (Fsp3) is 0.455. The van der Waals surface area contributed by atoms with Crippen molar-refractivity contribution in [1.82, 2.24) is 0 Å². The van der Waals surface area contributed by atoms with Crippen molar-refractivity contribution in [2.24, 2.45) is 5.73 Å². The summed E-state index contributed by atoms with van der Waals surface area (Å²) in [4.78, 5) is 0. The Morgan fingerprint density at radius 3 is 2.80 bits per heavy atom. The minimum Gasteiger partial charge on any atom is -0.382 e. The zero-order chi connectivity index (χ0) is 10.8. The second-order valence-corrected chi connectivity index (χ2v) is 4.45. The van der Waals surface area contributed by atoms with Crippen molar-refractivity contribution in [3.8, 4) is 0 Å². The van der Waals surface area contributed by atoms with Crippen LogP contribution >= 0.6 is 11.6 Å². The molecular weight excluding hydrogens is 215 g/mol. The third-order valence-electron chi connectivity index (χ3n) is 2.76. The fourth-order valence-corrected chi connectivity index (χ4v) is 2.09. The number of anilines is 1. The molecule has 2 unspecified atom stereocenters. The molecule has 82 valence electrons. The van der Waals surface area contributed by atoms with Crippen LogP contribution < -0.4 is 11.1 Å². The molecule has 0 heterocycles. The Morgan fingerprint density at radius 2 is 2.20 bits per heavy atom. The summed E-state index contributed by atoms with van der Waals surface area (Å²) in [6, 6.07) is 5.41. The molecule has 0 saturated heterocycles. The molecular formula is C11H14ClFN2. The Morgan fingerprint density at radius 1 is 1.40 bits per heavy atom. The van der Waals surface area contributed by atoms with E-state index in [1.807, 2.05) is 0 Å². The summed E-state index contributed by atoms with van der Waals surface area (Å²) >= 11 is 5.60. The summed E-state index contributed by atoms with van der Waals surface area (Å²) in [5.74, 6) is -0.385. The van der Waals surface area contributed by atoms with E-state index in [1.54, 1.807) is 12.1 Å². The van der Waals surface area contributed by atoms with E-state index in [9.17, 15) is 4.39 Å². The van der Waals surface area contributed by atoms with Crippen LogP contribution in [0.1, 0.15) is 19.3 Å². The summed E-state index contributed by atoms with van der Waals surface area (Å²) in [5, 5.41) is 3.42. The van der Waals surface area contributed by atoms with Crippen LogP contribution in [0, 0.1) is 5.82 Å². The van der Waals surface area contributed by atoms with Crippen LogP contribution in [-0.4, -0.2) is 12.1 Å². The highest BCUT2D eigenvalue weighted by Gasteiger charge is 2.21. The lowest BCUT2D eigenvalue weighted by Crippen LogP contribution is -2.20. The zero-order valence-electron chi connectivity index (χ0n) is 8.34. The molecule has 1 aliphatic carbocycles. The lowest BCUT2D eigenvalue weighted by Gasteiger charge is -2.13. The smallest absolute Gasteiger partial charge is 0.143 e. The van der Waals surface area contributed by atoms with Crippen LogP contribution in [0.5, 0.6) is 0 Å². The average Bonchev–Trinajstić information content (AvgIpc) is 2.58. The first-order chi connectivity index (χ1) is 7.15. The molecule has 0 aromatic heterocycles. The summed E-state index contributed by atoms with van der Waals surface area (Å²) in [6.45, 7) is 0. The first kappa shape index (κ1) is 10.7. The Labute approximate surface area is 93.6 Å². The molecule has 0 aliphatic heterocycles. The monoisotopic (exact) mass is 228 g/mol. The van der Waals surface area contributed by atoms with Gasteiger partial charge >= 0.3 is 0 Å². The zero-order valence-corrected chi connectivity index (χ0v) is 9.10. The number of hydrogen-bond acceptors (Lipinski definition) is 2. The van der Waals surface area contributed by atoms with Crippen LogP contribution in [-0.2, 0) is 0 Å². The van der Waals surface area contributed by atoms with Gasteiger partial charge in [0, 0.05) is 17.8 Å². The molecule has 1 saturated carbocycles. The van der Waals surface area contributed by atoms with Gasteiger partial charge in [-0.05, 0) is 37.5 Å². The average molecular weight is 229 g/mol. The van der Waals surface area contributed by atoms with Gasteiger partial charge in [0.2, 0.25) is 0 Å². The van der Waals surface area contributed by atoms with Gasteiger partial charge in [0.15, 0.2) is 0 Å². The van der Waals surface area contributed by atoms with Crippen LogP contribution in [0.3, 0.4) is 0 Å². The quantitative estimate of drug-likeness (QED) is 0.817. The fourth-order valence-electron chi connectivity index (χ4n) is 1.97. The minimum atomic E-state index is -0.385. The third kappa shape index (κ3) is 2.61. The topological polar surface area (TPSA) is 38.0 Å². The molecule has 0 radical (unpaired) electrons. The van der Waals surface area contributed by atoms with Crippen molar-refractivity contribution < 1.29 is 4.39 Å². The van der Waals surface area contributed by atoms with Crippen LogP contribution in [0.4, 0.5) is 10.1 Å². The molecule has 1 aromatic carbocycles. The molecule has 0 amide bonds. The maximum absolute atomic E-state index is 13.1. The van der Waals surface area contributed by atoms with Crippen LogP contribution in [0.2, 0.25) is 5.02 Å². The van der Waals surface area contributed by atoms with E-state index in [1.165, 1.54) is 6.07 Å². The van der Waals surface area contributed by atoms with Gasteiger partial charge in [-0.1, -0.05) is 11.6 Å². The number of nitrogens with one attached hydrogen (secondary N) is 1. The largest absolute Gasteiger partial charge is 0.382 e. The second-order valence-electron chi connectivity index (χ2n) is 4.04. The standard InChI is InChI=1S/C11H14ClFN2/c12-10-4-3-9(6-11(10)13)15-8-2-1-7(14)5-8/h3-4,6-8,15H,1-2,5,14H2. The molecule has 4 heteroatoms. The lowest BCUT2D eigenvalue weighted by molar-refractivity contribution is 0.627. The molecule has 2 rings (SSSR count). The highest BCUT2D eigenvalue weighted by molar-refractivity contribution is 6.30. The molecule has 0 bridgehead atoms. The SMILES string of the molecule is NC1CCC(Nc2ccc(Cl)c(F)c2)C1. The third-order valence-corrected chi connectivity index (χ3v) is 3.07. The van der Waals surface area contributed by atoms with E-state index in [4.69, 9.17) is 17.3 Å². The van der Waals surface area contributed by atoms with Crippen molar-refractivity contribution in [2.45, 2.75) is 31.3 Å². The molecule has 0 spiro atoms. The van der Waals surface area contributed by atoms with Crippen molar-refractivity contribution in [3.05, 3.63) is 29.0 Å².